The summed E-state index contributed by atoms with van der Waals surface area (Å²) in [4.78, 5) is 23.6. The fraction of sp³-hybridized carbons (Fsp3) is 0.333. The van der Waals surface area contributed by atoms with Crippen LogP contribution in [0.15, 0.2) is 18.2 Å². The van der Waals surface area contributed by atoms with Crippen molar-refractivity contribution in [3.8, 4) is 0 Å². The van der Waals surface area contributed by atoms with Crippen LogP contribution in [0.2, 0.25) is 0 Å². The van der Waals surface area contributed by atoms with Crippen LogP contribution in [0.3, 0.4) is 0 Å². The molecule has 1 atom stereocenters. The number of nitrogens with one attached hydrogen (secondary N) is 1. The summed E-state index contributed by atoms with van der Waals surface area (Å²) in [5, 5.41) is 11.1. The molecule has 5 nitrogen and oxygen atoms in total. The van der Waals surface area contributed by atoms with Gasteiger partial charge in [-0.05, 0) is 26.1 Å². The first-order valence-electron chi connectivity index (χ1n) is 5.49. The Balaban J connectivity index is 2.60. The van der Waals surface area contributed by atoms with E-state index in [1.165, 1.54) is 24.9 Å². The van der Waals surface area contributed by atoms with Crippen molar-refractivity contribution in [1.29, 1.82) is 0 Å². The van der Waals surface area contributed by atoms with E-state index in [9.17, 15) is 18.4 Å². The molecule has 1 unspecified atom stereocenters. The summed E-state index contributed by atoms with van der Waals surface area (Å²) in [6.45, 7) is 1.26. The normalized spacial score (nSPS) is 12.3. The number of carbonyl (C=O) groups is 2. The second kappa shape index (κ2) is 6.24. The molecule has 0 saturated carbocycles. The maximum Gasteiger partial charge on any atom is 0.320 e. The minimum atomic E-state index is -1.06. The molecule has 7 heteroatoms. The van der Waals surface area contributed by atoms with E-state index in [4.69, 9.17) is 5.11 Å². The topological polar surface area (TPSA) is 69.6 Å². The molecule has 1 aromatic carbocycles. The van der Waals surface area contributed by atoms with Gasteiger partial charge in [-0.3, -0.25) is 14.5 Å². The van der Waals surface area contributed by atoms with Crippen molar-refractivity contribution in [3.63, 3.8) is 0 Å². The molecule has 0 bridgehead atoms. The van der Waals surface area contributed by atoms with E-state index in [-0.39, 0.29) is 12.2 Å². The summed E-state index contributed by atoms with van der Waals surface area (Å²) in [5.74, 6) is -3.63. The van der Waals surface area contributed by atoms with Crippen molar-refractivity contribution < 1.29 is 23.5 Å². The lowest BCUT2D eigenvalue weighted by molar-refractivity contribution is -0.142. The van der Waals surface area contributed by atoms with Crippen molar-refractivity contribution in [3.05, 3.63) is 29.8 Å². The Labute approximate surface area is 108 Å². The number of halogens is 2. The van der Waals surface area contributed by atoms with Crippen molar-refractivity contribution in [1.82, 2.24) is 4.90 Å². The first kappa shape index (κ1) is 15.0. The lowest BCUT2D eigenvalue weighted by Gasteiger charge is -2.20. The van der Waals surface area contributed by atoms with Crippen molar-refractivity contribution in [2.45, 2.75) is 13.0 Å². The number of amides is 1. The summed E-state index contributed by atoms with van der Waals surface area (Å²) in [6, 6.07) is 2.15. The van der Waals surface area contributed by atoms with E-state index in [0.717, 1.165) is 12.1 Å². The zero-order valence-corrected chi connectivity index (χ0v) is 10.5. The number of hydrogen-bond acceptors (Lipinski definition) is 3. The van der Waals surface area contributed by atoms with Crippen LogP contribution < -0.4 is 5.32 Å². The quantitative estimate of drug-likeness (QED) is 0.848. The maximum absolute atomic E-state index is 12.9. The minimum Gasteiger partial charge on any atom is -0.480 e. The zero-order valence-electron chi connectivity index (χ0n) is 10.5. The molecule has 1 rings (SSSR count). The molecule has 2 N–H and O–H groups in total. The molecule has 1 aromatic rings. The fourth-order valence-electron chi connectivity index (χ4n) is 1.33. The third-order valence-electron chi connectivity index (χ3n) is 2.61. The Morgan fingerprint density at radius 1 is 1.37 bits per heavy atom. The highest BCUT2D eigenvalue weighted by molar-refractivity contribution is 5.92. The Bertz CT molecular complexity index is 494. The molecule has 0 spiro atoms. The molecular weight excluding hydrogens is 258 g/mol. The molecule has 0 aliphatic carbocycles. The molecular formula is C12H14F2N2O3. The highest BCUT2D eigenvalue weighted by Crippen LogP contribution is 2.13. The van der Waals surface area contributed by atoms with Crippen LogP contribution >= 0.6 is 0 Å². The predicted octanol–water partition coefficient (Wildman–Crippen LogP) is 1.31. The van der Waals surface area contributed by atoms with Crippen LogP contribution in [0.4, 0.5) is 14.5 Å². The van der Waals surface area contributed by atoms with Gasteiger partial charge in [-0.25, -0.2) is 8.78 Å². The predicted molar refractivity (Wildman–Crippen MR) is 64.7 cm³/mol. The van der Waals surface area contributed by atoms with Gasteiger partial charge in [-0.1, -0.05) is 0 Å². The van der Waals surface area contributed by atoms with Gasteiger partial charge < -0.3 is 10.4 Å². The van der Waals surface area contributed by atoms with Crippen LogP contribution in [-0.4, -0.2) is 41.5 Å². The highest BCUT2D eigenvalue weighted by Gasteiger charge is 2.19. The second-order valence-corrected chi connectivity index (χ2v) is 4.11. The Morgan fingerprint density at radius 2 is 2.00 bits per heavy atom. The standard InChI is InChI=1S/C12H14F2N2O3/c1-7(12(18)19)16(2)6-11(17)15-8-3-4-9(13)10(14)5-8/h3-5,7H,6H2,1-2H3,(H,15,17)(H,18,19). The summed E-state index contributed by atoms with van der Waals surface area (Å²) < 4.78 is 25.6. The van der Waals surface area contributed by atoms with Crippen molar-refractivity contribution >= 4 is 17.6 Å². The van der Waals surface area contributed by atoms with Gasteiger partial charge in [-0.15, -0.1) is 0 Å². The monoisotopic (exact) mass is 272 g/mol. The smallest absolute Gasteiger partial charge is 0.320 e. The number of aliphatic carboxylic acids is 1. The van der Waals surface area contributed by atoms with Crippen LogP contribution in [-0.2, 0) is 9.59 Å². The van der Waals surface area contributed by atoms with Crippen molar-refractivity contribution in [2.75, 3.05) is 18.9 Å². The molecule has 0 fully saturated rings. The van der Waals surface area contributed by atoms with Gasteiger partial charge in [0.2, 0.25) is 5.91 Å². The zero-order chi connectivity index (χ0) is 14.6. The van der Waals surface area contributed by atoms with Gasteiger partial charge in [0, 0.05) is 11.8 Å². The highest BCUT2D eigenvalue weighted by atomic mass is 19.2. The van der Waals surface area contributed by atoms with Gasteiger partial charge >= 0.3 is 5.97 Å². The van der Waals surface area contributed by atoms with E-state index in [1.807, 2.05) is 0 Å². The lowest BCUT2D eigenvalue weighted by Crippen LogP contribution is -2.40. The number of hydrogen-bond donors (Lipinski definition) is 2. The average molecular weight is 272 g/mol. The average Bonchev–Trinajstić information content (AvgIpc) is 2.32. The van der Waals surface area contributed by atoms with Crippen LogP contribution in [0, 0.1) is 11.6 Å². The van der Waals surface area contributed by atoms with Gasteiger partial charge in [-0.2, -0.15) is 0 Å². The van der Waals surface area contributed by atoms with E-state index in [1.54, 1.807) is 0 Å². The Morgan fingerprint density at radius 3 is 2.53 bits per heavy atom. The number of carbonyl (C=O) groups excluding carboxylic acids is 1. The number of carboxylic acid groups (broad SMARTS) is 1. The molecule has 0 radical (unpaired) electrons. The number of likely N-dealkylation sites (N-methyl/N-ethyl adjacent to an activating group) is 1. The van der Waals surface area contributed by atoms with Gasteiger partial charge in [0.15, 0.2) is 11.6 Å². The fourth-order valence-corrected chi connectivity index (χ4v) is 1.33. The van der Waals surface area contributed by atoms with E-state index < -0.39 is 29.6 Å². The summed E-state index contributed by atoms with van der Waals surface area (Å²) in [6.07, 6.45) is 0. The van der Waals surface area contributed by atoms with Crippen LogP contribution in [0.25, 0.3) is 0 Å². The molecule has 0 aliphatic heterocycles. The molecule has 1 amide bonds. The summed E-state index contributed by atoms with van der Waals surface area (Å²) in [7, 11) is 1.48. The first-order chi connectivity index (χ1) is 8.81. The van der Waals surface area contributed by atoms with E-state index in [2.05, 4.69) is 5.32 Å². The second-order valence-electron chi connectivity index (χ2n) is 4.11. The first-order valence-corrected chi connectivity index (χ1v) is 5.49. The molecule has 0 aliphatic rings. The number of rotatable bonds is 5. The largest absolute Gasteiger partial charge is 0.480 e. The van der Waals surface area contributed by atoms with Gasteiger partial charge in [0.05, 0.1) is 6.54 Å². The van der Waals surface area contributed by atoms with Crippen LogP contribution in [0.5, 0.6) is 0 Å². The Hall–Kier alpha value is -2.02. The molecule has 0 heterocycles. The molecule has 19 heavy (non-hydrogen) atoms. The molecule has 0 aromatic heterocycles. The summed E-state index contributed by atoms with van der Waals surface area (Å²) in [5.41, 5.74) is 0.111. The SMILES string of the molecule is CC(C(=O)O)N(C)CC(=O)Nc1ccc(F)c(F)c1. The van der Waals surface area contributed by atoms with E-state index >= 15 is 0 Å². The molecule has 0 saturated heterocycles. The van der Waals surface area contributed by atoms with E-state index in [0.29, 0.717) is 0 Å². The number of nitrogens with zero attached hydrogens (tertiary/aromatic N) is 1. The lowest BCUT2D eigenvalue weighted by atomic mass is 10.3. The number of anilines is 1. The van der Waals surface area contributed by atoms with Crippen LogP contribution in [0.1, 0.15) is 6.92 Å². The van der Waals surface area contributed by atoms with Gasteiger partial charge in [0.25, 0.3) is 0 Å². The third kappa shape index (κ3) is 4.29. The number of carboxylic acids is 1. The Kier molecular flexibility index (Phi) is 4.94. The minimum absolute atomic E-state index is 0.111. The third-order valence-corrected chi connectivity index (χ3v) is 2.61. The molecule has 104 valence electrons. The summed E-state index contributed by atoms with van der Waals surface area (Å²) >= 11 is 0. The maximum atomic E-state index is 12.9. The number of benzene rings is 1. The van der Waals surface area contributed by atoms with Gasteiger partial charge in [0.1, 0.15) is 6.04 Å². The van der Waals surface area contributed by atoms with Crippen molar-refractivity contribution in [2.24, 2.45) is 0 Å².